The number of anilines is 6. The largest absolute Gasteiger partial charge is 3.00 e. The van der Waals surface area contributed by atoms with E-state index in [1.807, 2.05) is 103 Å². The van der Waals surface area contributed by atoms with Crippen LogP contribution in [0.3, 0.4) is 0 Å². The van der Waals surface area contributed by atoms with E-state index >= 15 is 0 Å². The van der Waals surface area contributed by atoms with E-state index in [4.69, 9.17) is 0 Å². The van der Waals surface area contributed by atoms with E-state index in [2.05, 4.69) is 296 Å². The molecule has 91 heavy (non-hydrogen) atoms. The second kappa shape index (κ2) is 29.1. The molecular formula is C85H82IrN5. The van der Waals surface area contributed by atoms with Gasteiger partial charge in [0.1, 0.15) is 0 Å². The van der Waals surface area contributed by atoms with Gasteiger partial charge in [-0.15, -0.1) is 107 Å². The van der Waals surface area contributed by atoms with Gasteiger partial charge in [0.2, 0.25) is 0 Å². The molecule has 0 radical (unpaired) electrons. The second-order valence-corrected chi connectivity index (χ2v) is 26.9. The molecule has 0 unspecified atom stereocenters. The van der Waals surface area contributed by atoms with Crippen molar-refractivity contribution in [1.82, 2.24) is 15.0 Å². The van der Waals surface area contributed by atoms with Crippen LogP contribution in [0, 0.1) is 18.2 Å². The molecule has 0 fully saturated rings. The van der Waals surface area contributed by atoms with E-state index in [1.165, 1.54) is 22.3 Å². The number of benzene rings is 9. The Hall–Kier alpha value is -9.32. The van der Waals surface area contributed by atoms with Gasteiger partial charge in [-0.1, -0.05) is 192 Å². The number of nitrogens with zero attached hydrogens (tertiary/aromatic N) is 5. The maximum Gasteiger partial charge on any atom is 3.00 e. The molecule has 6 heteroatoms. The average Bonchev–Trinajstić information content (AvgIpc) is 0.967. The van der Waals surface area contributed by atoms with Crippen LogP contribution in [0.1, 0.15) is 105 Å². The van der Waals surface area contributed by atoms with Crippen LogP contribution in [-0.2, 0) is 41.8 Å². The van der Waals surface area contributed by atoms with Crippen molar-refractivity contribution >= 4 is 34.1 Å². The first kappa shape index (κ1) is 66.1. The van der Waals surface area contributed by atoms with Crippen LogP contribution in [-0.4, -0.2) is 15.0 Å². The van der Waals surface area contributed by atoms with Gasteiger partial charge in [0.25, 0.3) is 0 Å². The molecule has 0 saturated carbocycles. The van der Waals surface area contributed by atoms with Crippen LogP contribution in [0.5, 0.6) is 0 Å². The quantitative estimate of drug-likeness (QED) is 0.121. The monoisotopic (exact) mass is 1370 g/mol. The Morgan fingerprint density at radius 3 is 0.769 bits per heavy atom. The smallest absolute Gasteiger partial charge is 0.311 e. The van der Waals surface area contributed by atoms with Gasteiger partial charge < -0.3 is 24.8 Å². The van der Waals surface area contributed by atoms with Gasteiger partial charge in [-0.3, -0.25) is 0 Å². The molecule has 5 nitrogen and oxygen atoms in total. The SMILES string of the molecule is CC(C)(C)c1ccc(N(c2ccc(-c3cc[c-]c(-c4ccccn4)c3)cc2)c2ccc(C(C)(C)C)cc2)cc1.CC(C)(C)c1ccc(N(c2ccc(-c3cc[c-]c(-c4ccccn4)c3)cc2)c2ccc(C(C)(C)C)cc2)cc1.[Ir+3].[c-]1ccccc1-c1ccccn1. The van der Waals surface area contributed by atoms with Crippen molar-refractivity contribution in [2.45, 2.75) is 105 Å². The Morgan fingerprint density at radius 1 is 0.253 bits per heavy atom. The van der Waals surface area contributed by atoms with Gasteiger partial charge >= 0.3 is 20.1 Å². The fourth-order valence-electron chi connectivity index (χ4n) is 10.6. The zero-order valence-corrected chi connectivity index (χ0v) is 57.0. The third-order valence-corrected chi connectivity index (χ3v) is 16.0. The molecule has 0 saturated heterocycles. The summed E-state index contributed by atoms with van der Waals surface area (Å²) in [5, 5.41) is 0. The van der Waals surface area contributed by atoms with Crippen molar-refractivity contribution in [3.8, 4) is 56.0 Å². The van der Waals surface area contributed by atoms with Crippen molar-refractivity contribution in [3.63, 3.8) is 0 Å². The number of pyridine rings is 3. The van der Waals surface area contributed by atoms with Crippen LogP contribution in [0.2, 0.25) is 0 Å². The predicted molar refractivity (Wildman–Crippen MR) is 381 cm³/mol. The Bertz CT molecular complexity index is 3790. The molecule has 0 N–H and O–H groups in total. The van der Waals surface area contributed by atoms with Gasteiger partial charge in [0.15, 0.2) is 0 Å². The first-order chi connectivity index (χ1) is 43.2. The predicted octanol–water partition coefficient (Wildman–Crippen LogP) is 23.1. The fraction of sp³-hybridized carbons (Fsp3) is 0.188. The van der Waals surface area contributed by atoms with E-state index in [0.29, 0.717) is 0 Å². The van der Waals surface area contributed by atoms with E-state index < -0.39 is 0 Å². The summed E-state index contributed by atoms with van der Waals surface area (Å²) in [6.45, 7) is 27.1. The summed E-state index contributed by atoms with van der Waals surface area (Å²) in [6, 6.07) is 101. The number of hydrogen-bond donors (Lipinski definition) is 0. The first-order valence-electron chi connectivity index (χ1n) is 31.1. The van der Waals surface area contributed by atoms with Gasteiger partial charge in [-0.25, -0.2) is 0 Å². The zero-order valence-electron chi connectivity index (χ0n) is 54.6. The molecule has 12 rings (SSSR count). The third kappa shape index (κ3) is 17.1. The molecule has 0 aliphatic rings. The van der Waals surface area contributed by atoms with Crippen molar-refractivity contribution in [1.29, 1.82) is 0 Å². The minimum absolute atomic E-state index is 0. The summed E-state index contributed by atoms with van der Waals surface area (Å²) in [5.41, 5.74) is 23.1. The minimum Gasteiger partial charge on any atom is -0.311 e. The van der Waals surface area contributed by atoms with Gasteiger partial charge in [0.05, 0.1) is 0 Å². The molecule has 0 amide bonds. The summed E-state index contributed by atoms with van der Waals surface area (Å²) in [6.07, 6.45) is 5.43. The molecule has 12 aromatic rings. The molecule has 0 spiro atoms. The van der Waals surface area contributed by atoms with Crippen molar-refractivity contribution < 1.29 is 20.1 Å². The molecule has 456 valence electrons. The zero-order chi connectivity index (χ0) is 63.5. The van der Waals surface area contributed by atoms with Gasteiger partial charge in [0, 0.05) is 52.7 Å². The summed E-state index contributed by atoms with van der Waals surface area (Å²) >= 11 is 0. The molecule has 0 atom stereocenters. The van der Waals surface area contributed by atoms with E-state index in [1.54, 1.807) is 6.20 Å². The second-order valence-electron chi connectivity index (χ2n) is 26.9. The van der Waals surface area contributed by atoms with Crippen molar-refractivity contribution in [2.24, 2.45) is 0 Å². The van der Waals surface area contributed by atoms with E-state index in [9.17, 15) is 0 Å². The standard InChI is InChI=1S/2C37H37N2.C11H8N.Ir/c2*1-36(2,3)30-15-21-33(22-16-30)39(34-23-17-31(18-24-34)37(4,5)6)32-19-13-27(14-20-32)28-10-9-11-29(26-28)35-12-7-8-25-38-35;1-2-6-10(7-3-1)11-8-4-5-9-12-11;/h2*7-10,12-26H,1-6H3;1-6,8-9H;/q3*-1;+3. The molecule has 0 aliphatic carbocycles. The van der Waals surface area contributed by atoms with Crippen LogP contribution in [0.25, 0.3) is 56.0 Å². The molecule has 3 heterocycles. The maximum atomic E-state index is 4.49. The molecule has 0 aliphatic heterocycles. The van der Waals surface area contributed by atoms with E-state index in [-0.39, 0.29) is 41.8 Å². The van der Waals surface area contributed by atoms with Crippen LogP contribution >= 0.6 is 0 Å². The van der Waals surface area contributed by atoms with E-state index in [0.717, 1.165) is 90.2 Å². The van der Waals surface area contributed by atoms with Crippen LogP contribution < -0.4 is 9.80 Å². The Kier molecular flexibility index (Phi) is 21.1. The topological polar surface area (TPSA) is 45.2 Å². The van der Waals surface area contributed by atoms with Crippen molar-refractivity contribution in [3.05, 3.63) is 320 Å². The number of rotatable bonds is 11. The van der Waals surface area contributed by atoms with Crippen molar-refractivity contribution in [2.75, 3.05) is 9.80 Å². The molecule has 3 aromatic heterocycles. The minimum atomic E-state index is 0. The number of hydrogen-bond acceptors (Lipinski definition) is 5. The Labute approximate surface area is 556 Å². The Balaban J connectivity index is 0.000000180. The summed E-state index contributed by atoms with van der Waals surface area (Å²) in [5.74, 6) is 0. The van der Waals surface area contributed by atoms with Gasteiger partial charge in [-0.05, 0) is 163 Å². The summed E-state index contributed by atoms with van der Waals surface area (Å²) in [7, 11) is 0. The maximum absolute atomic E-state index is 4.49. The first-order valence-corrected chi connectivity index (χ1v) is 31.1. The fourth-order valence-corrected chi connectivity index (χ4v) is 10.6. The van der Waals surface area contributed by atoms with Crippen LogP contribution in [0.4, 0.5) is 34.1 Å². The molecule has 0 bridgehead atoms. The van der Waals surface area contributed by atoms with Gasteiger partial charge in [-0.2, -0.15) is 0 Å². The normalized spacial score (nSPS) is 11.4. The third-order valence-electron chi connectivity index (χ3n) is 16.0. The average molecular weight is 1370 g/mol. The molecule has 9 aromatic carbocycles. The summed E-state index contributed by atoms with van der Waals surface area (Å²) in [4.78, 5) is 17.9. The number of aromatic nitrogens is 3. The van der Waals surface area contributed by atoms with Crippen LogP contribution in [0.15, 0.2) is 279 Å². The Morgan fingerprint density at radius 2 is 0.516 bits per heavy atom. The summed E-state index contributed by atoms with van der Waals surface area (Å²) < 4.78 is 0. The molecular weight excluding hydrogens is 1280 g/mol.